The molecular weight excluding hydrogens is 335 g/mol. The van der Waals surface area contributed by atoms with E-state index in [9.17, 15) is 0 Å². The van der Waals surface area contributed by atoms with Gasteiger partial charge in [0, 0.05) is 10.6 Å². The summed E-state index contributed by atoms with van der Waals surface area (Å²) in [4.78, 5) is 0. The summed E-state index contributed by atoms with van der Waals surface area (Å²) in [5.41, 5.74) is 2.04. The molecular formula is C17H14Cl2N2O2. The first-order valence-electron chi connectivity index (χ1n) is 7.05. The van der Waals surface area contributed by atoms with Crippen molar-refractivity contribution in [2.45, 2.75) is 20.0 Å². The minimum atomic E-state index is -0.430. The predicted octanol–water partition coefficient (Wildman–Crippen LogP) is 5.49. The molecule has 1 aromatic heterocycles. The van der Waals surface area contributed by atoms with Crippen molar-refractivity contribution >= 4 is 23.2 Å². The zero-order valence-corrected chi connectivity index (χ0v) is 14.1. The molecule has 0 amide bonds. The lowest BCUT2D eigenvalue weighted by Gasteiger charge is -2.12. The van der Waals surface area contributed by atoms with E-state index in [1.165, 1.54) is 5.56 Å². The Labute approximate surface area is 144 Å². The molecule has 0 fully saturated rings. The normalized spacial score (nSPS) is 12.2. The second-order valence-electron chi connectivity index (χ2n) is 5.15. The molecule has 0 bridgehead atoms. The smallest absolute Gasteiger partial charge is 0.257 e. The van der Waals surface area contributed by atoms with Crippen LogP contribution in [0, 0.1) is 6.92 Å². The number of halogens is 2. The van der Waals surface area contributed by atoms with E-state index in [2.05, 4.69) is 10.2 Å². The van der Waals surface area contributed by atoms with Crippen molar-refractivity contribution in [3.05, 3.63) is 64.0 Å². The molecule has 0 radical (unpaired) electrons. The maximum absolute atomic E-state index is 6.10. The average molecular weight is 349 g/mol. The molecule has 0 aliphatic rings. The van der Waals surface area contributed by atoms with Crippen molar-refractivity contribution in [1.29, 1.82) is 0 Å². The van der Waals surface area contributed by atoms with Crippen LogP contribution in [0.25, 0.3) is 11.5 Å². The molecule has 1 atom stereocenters. The highest BCUT2D eigenvalue weighted by Crippen LogP contribution is 2.31. The van der Waals surface area contributed by atoms with Crippen molar-refractivity contribution in [1.82, 2.24) is 10.2 Å². The number of nitrogens with zero attached hydrogens (tertiary/aromatic N) is 2. The van der Waals surface area contributed by atoms with Crippen LogP contribution in [-0.2, 0) is 0 Å². The van der Waals surface area contributed by atoms with Gasteiger partial charge < -0.3 is 9.15 Å². The van der Waals surface area contributed by atoms with Gasteiger partial charge in [-0.05, 0) is 44.2 Å². The van der Waals surface area contributed by atoms with Crippen LogP contribution in [-0.4, -0.2) is 10.2 Å². The van der Waals surface area contributed by atoms with E-state index < -0.39 is 6.10 Å². The third-order valence-electron chi connectivity index (χ3n) is 3.28. The lowest BCUT2D eigenvalue weighted by molar-refractivity contribution is 0.190. The fourth-order valence-electron chi connectivity index (χ4n) is 2.02. The summed E-state index contributed by atoms with van der Waals surface area (Å²) in [5, 5.41) is 9.10. The van der Waals surface area contributed by atoms with Crippen molar-refractivity contribution in [3.63, 3.8) is 0 Å². The van der Waals surface area contributed by atoms with Gasteiger partial charge in [0.2, 0.25) is 5.89 Å². The highest BCUT2D eigenvalue weighted by atomic mass is 35.5. The lowest BCUT2D eigenvalue weighted by atomic mass is 10.1. The predicted molar refractivity (Wildman–Crippen MR) is 90.0 cm³/mol. The van der Waals surface area contributed by atoms with Gasteiger partial charge in [0.1, 0.15) is 5.75 Å². The number of aryl methyl sites for hydroxylation is 1. The molecule has 0 unspecified atom stereocenters. The monoisotopic (exact) mass is 348 g/mol. The lowest BCUT2D eigenvalue weighted by Crippen LogP contribution is -2.03. The topological polar surface area (TPSA) is 48.2 Å². The van der Waals surface area contributed by atoms with Crippen molar-refractivity contribution in [3.8, 4) is 17.2 Å². The Morgan fingerprint density at radius 3 is 2.48 bits per heavy atom. The number of aromatic nitrogens is 2. The van der Waals surface area contributed by atoms with Crippen LogP contribution in [0.1, 0.15) is 24.5 Å². The second kappa shape index (κ2) is 6.60. The zero-order valence-electron chi connectivity index (χ0n) is 12.6. The molecule has 4 nitrogen and oxygen atoms in total. The van der Waals surface area contributed by atoms with Gasteiger partial charge in [-0.2, -0.15) is 0 Å². The second-order valence-corrected chi connectivity index (χ2v) is 5.99. The molecule has 118 valence electrons. The van der Waals surface area contributed by atoms with Gasteiger partial charge in [-0.3, -0.25) is 0 Å². The minimum absolute atomic E-state index is 0.381. The quantitative estimate of drug-likeness (QED) is 0.625. The Hall–Kier alpha value is -2.04. The third-order valence-corrected chi connectivity index (χ3v) is 3.82. The number of benzene rings is 2. The van der Waals surface area contributed by atoms with Gasteiger partial charge in [0.15, 0.2) is 6.10 Å². The number of rotatable bonds is 4. The molecule has 6 heteroatoms. The van der Waals surface area contributed by atoms with Gasteiger partial charge in [0.05, 0.1) is 5.02 Å². The minimum Gasteiger partial charge on any atom is -0.479 e. The van der Waals surface area contributed by atoms with E-state index >= 15 is 0 Å². The van der Waals surface area contributed by atoms with Gasteiger partial charge in [0.25, 0.3) is 5.89 Å². The molecule has 0 saturated heterocycles. The molecule has 3 aromatic rings. The first-order valence-corrected chi connectivity index (χ1v) is 7.80. The summed E-state index contributed by atoms with van der Waals surface area (Å²) in [6.45, 7) is 3.84. The number of hydrogen-bond acceptors (Lipinski definition) is 4. The molecule has 2 aromatic carbocycles. The largest absolute Gasteiger partial charge is 0.479 e. The average Bonchev–Trinajstić information content (AvgIpc) is 3.01. The molecule has 0 aliphatic carbocycles. The van der Waals surface area contributed by atoms with E-state index in [1.54, 1.807) is 18.2 Å². The van der Waals surface area contributed by atoms with E-state index in [1.807, 2.05) is 38.1 Å². The summed E-state index contributed by atoms with van der Waals surface area (Å²) < 4.78 is 11.5. The fourth-order valence-corrected chi connectivity index (χ4v) is 2.48. The summed E-state index contributed by atoms with van der Waals surface area (Å²) in [7, 11) is 0. The fraction of sp³-hybridized carbons (Fsp3) is 0.176. The van der Waals surface area contributed by atoms with Gasteiger partial charge in [-0.15, -0.1) is 10.2 Å². The van der Waals surface area contributed by atoms with Crippen LogP contribution in [0.3, 0.4) is 0 Å². The van der Waals surface area contributed by atoms with E-state index in [-0.39, 0.29) is 0 Å². The van der Waals surface area contributed by atoms with E-state index in [0.29, 0.717) is 27.6 Å². The van der Waals surface area contributed by atoms with Crippen LogP contribution in [0.15, 0.2) is 46.9 Å². The highest BCUT2D eigenvalue weighted by molar-refractivity contribution is 6.35. The first-order chi connectivity index (χ1) is 11.0. The van der Waals surface area contributed by atoms with Gasteiger partial charge in [-0.25, -0.2) is 0 Å². The van der Waals surface area contributed by atoms with Crippen molar-refractivity contribution in [2.24, 2.45) is 0 Å². The van der Waals surface area contributed by atoms with Gasteiger partial charge in [-0.1, -0.05) is 40.9 Å². The molecule has 1 heterocycles. The van der Waals surface area contributed by atoms with Crippen LogP contribution in [0.2, 0.25) is 10.0 Å². The van der Waals surface area contributed by atoms with Crippen molar-refractivity contribution < 1.29 is 9.15 Å². The van der Waals surface area contributed by atoms with Crippen LogP contribution in [0.4, 0.5) is 0 Å². The number of ether oxygens (including phenoxy) is 1. The van der Waals surface area contributed by atoms with Gasteiger partial charge >= 0.3 is 0 Å². The van der Waals surface area contributed by atoms with E-state index in [0.717, 1.165) is 5.56 Å². The molecule has 0 aliphatic heterocycles. The highest BCUT2D eigenvalue weighted by Gasteiger charge is 2.17. The van der Waals surface area contributed by atoms with Crippen molar-refractivity contribution in [2.75, 3.05) is 0 Å². The molecule has 3 rings (SSSR count). The summed E-state index contributed by atoms with van der Waals surface area (Å²) in [6.07, 6.45) is -0.430. The zero-order chi connectivity index (χ0) is 16.4. The van der Waals surface area contributed by atoms with Crippen LogP contribution in [0.5, 0.6) is 5.75 Å². The third kappa shape index (κ3) is 3.66. The molecule has 0 N–H and O–H groups in total. The summed E-state index contributed by atoms with van der Waals surface area (Å²) in [5.74, 6) is 1.35. The Balaban J connectivity index is 1.78. The SMILES string of the molecule is Cc1ccc(-c2nnc([C@H](C)Oc3ccc(Cl)cc3Cl)o2)cc1. The molecule has 0 spiro atoms. The Morgan fingerprint density at radius 1 is 1.04 bits per heavy atom. The summed E-state index contributed by atoms with van der Waals surface area (Å²) >= 11 is 12.0. The van der Waals surface area contributed by atoms with E-state index in [4.69, 9.17) is 32.4 Å². The molecule has 0 saturated carbocycles. The maximum Gasteiger partial charge on any atom is 0.257 e. The Morgan fingerprint density at radius 2 is 1.78 bits per heavy atom. The number of hydrogen-bond donors (Lipinski definition) is 0. The van der Waals surface area contributed by atoms with Crippen LogP contribution >= 0.6 is 23.2 Å². The maximum atomic E-state index is 6.10. The first kappa shape index (κ1) is 15.8. The standard InChI is InChI=1S/C17H14Cl2N2O2/c1-10-3-5-12(6-4-10)17-21-20-16(23-17)11(2)22-15-8-7-13(18)9-14(15)19/h3-9,11H,1-2H3/t11-/m0/s1. The molecule has 23 heavy (non-hydrogen) atoms. The summed E-state index contributed by atoms with van der Waals surface area (Å²) in [6, 6.07) is 12.9. The van der Waals surface area contributed by atoms with Crippen LogP contribution < -0.4 is 4.74 Å². The Kier molecular flexibility index (Phi) is 4.55. The Bertz CT molecular complexity index is 816.